The van der Waals surface area contributed by atoms with Crippen LogP contribution in [0.25, 0.3) is 0 Å². The summed E-state index contributed by atoms with van der Waals surface area (Å²) in [4.78, 5) is 4.54. The van der Waals surface area contributed by atoms with Gasteiger partial charge < -0.3 is 13.3 Å². The first-order valence-corrected chi connectivity index (χ1v) is 8.08. The summed E-state index contributed by atoms with van der Waals surface area (Å²) in [6, 6.07) is 0.814. The zero-order valence-corrected chi connectivity index (χ0v) is 13.1. The van der Waals surface area contributed by atoms with Crippen LogP contribution in [0.1, 0.15) is 33.6 Å². The average molecular weight is 261 g/mol. The Hall–Kier alpha value is -0.233. The van der Waals surface area contributed by atoms with Gasteiger partial charge in [-0.15, -0.1) is 0 Å². The molecule has 0 aromatic heterocycles. The summed E-state index contributed by atoms with van der Waals surface area (Å²) in [5.74, 6) is 0.671. The zero-order chi connectivity index (χ0) is 13.3. The highest BCUT2D eigenvalue weighted by Crippen LogP contribution is 2.15. The van der Waals surface area contributed by atoms with Crippen LogP contribution in [0.4, 0.5) is 0 Å². The molecule has 17 heavy (non-hydrogen) atoms. The fourth-order valence-corrected chi connectivity index (χ4v) is 3.48. The van der Waals surface area contributed by atoms with Crippen molar-refractivity contribution < 1.29 is 13.3 Å². The van der Waals surface area contributed by atoms with Gasteiger partial charge in [0.1, 0.15) is 0 Å². The van der Waals surface area contributed by atoms with Crippen LogP contribution in [0.5, 0.6) is 0 Å². The van der Waals surface area contributed by atoms with Crippen molar-refractivity contribution in [2.24, 2.45) is 10.9 Å². The maximum atomic E-state index is 5.35. The Kier molecular flexibility index (Phi) is 8.68. The topological polar surface area (TPSA) is 40.0 Å². The molecule has 0 N–H and O–H groups in total. The van der Waals surface area contributed by atoms with Gasteiger partial charge in [-0.05, 0) is 25.7 Å². The fraction of sp³-hybridized carbons (Fsp3) is 0.917. The minimum Gasteiger partial charge on any atom is -0.377 e. The van der Waals surface area contributed by atoms with Crippen molar-refractivity contribution in [2.45, 2.75) is 39.7 Å². The second kappa shape index (κ2) is 8.80. The average Bonchev–Trinajstić information content (AvgIpc) is 2.29. The van der Waals surface area contributed by atoms with Crippen molar-refractivity contribution >= 4 is 14.5 Å². The summed E-state index contributed by atoms with van der Waals surface area (Å²) in [7, 11) is 2.55. The molecule has 0 unspecified atom stereocenters. The van der Waals surface area contributed by atoms with Gasteiger partial charge >= 0.3 is 8.80 Å². The first kappa shape index (κ1) is 16.8. The van der Waals surface area contributed by atoms with Crippen LogP contribution in [-0.4, -0.2) is 42.4 Å². The maximum Gasteiger partial charge on any atom is 0.500 e. The largest absolute Gasteiger partial charge is 0.500 e. The third-order valence-corrected chi connectivity index (χ3v) is 5.49. The zero-order valence-electron chi connectivity index (χ0n) is 12.1. The van der Waals surface area contributed by atoms with E-state index in [0.717, 1.165) is 25.4 Å². The molecule has 4 nitrogen and oxygen atoms in total. The van der Waals surface area contributed by atoms with E-state index in [4.69, 9.17) is 13.3 Å². The highest BCUT2D eigenvalue weighted by atomic mass is 28.4. The molecule has 0 saturated carbocycles. The van der Waals surface area contributed by atoms with Crippen LogP contribution >= 0.6 is 0 Å². The quantitative estimate of drug-likeness (QED) is 0.364. The summed E-state index contributed by atoms with van der Waals surface area (Å²) >= 11 is 0. The molecule has 0 atom stereocenters. The van der Waals surface area contributed by atoms with Crippen molar-refractivity contribution in [1.29, 1.82) is 0 Å². The summed E-state index contributed by atoms with van der Waals surface area (Å²) in [5, 5.41) is 0. The highest BCUT2D eigenvalue weighted by Gasteiger charge is 2.36. The molecule has 0 spiro atoms. The van der Waals surface area contributed by atoms with E-state index in [2.05, 4.69) is 25.8 Å². The van der Waals surface area contributed by atoms with Gasteiger partial charge in [0, 0.05) is 39.6 Å². The van der Waals surface area contributed by atoms with Gasteiger partial charge in [-0.1, -0.05) is 13.8 Å². The summed E-state index contributed by atoms with van der Waals surface area (Å²) < 4.78 is 16.1. The van der Waals surface area contributed by atoms with E-state index >= 15 is 0 Å². The van der Waals surface area contributed by atoms with Gasteiger partial charge in [-0.2, -0.15) is 0 Å². The predicted octanol–water partition coefficient (Wildman–Crippen LogP) is 2.76. The van der Waals surface area contributed by atoms with E-state index in [1.165, 1.54) is 5.71 Å². The molecule has 0 radical (unpaired) electrons. The molecule has 0 aliphatic rings. The monoisotopic (exact) mass is 261 g/mol. The van der Waals surface area contributed by atoms with Crippen molar-refractivity contribution in [3.8, 4) is 0 Å². The van der Waals surface area contributed by atoms with E-state index in [-0.39, 0.29) is 0 Å². The van der Waals surface area contributed by atoms with Crippen LogP contribution in [0.2, 0.25) is 6.04 Å². The lowest BCUT2D eigenvalue weighted by atomic mass is 10.1. The first-order chi connectivity index (χ1) is 7.99. The van der Waals surface area contributed by atoms with Gasteiger partial charge in [-0.25, -0.2) is 0 Å². The molecule has 0 rings (SSSR count). The predicted molar refractivity (Wildman–Crippen MR) is 73.6 cm³/mol. The Morgan fingerprint density at radius 2 is 1.65 bits per heavy atom. The number of aliphatic imine (C=N–C) groups is 1. The van der Waals surface area contributed by atoms with Crippen LogP contribution in [0.15, 0.2) is 4.99 Å². The molecule has 0 amide bonds. The maximum absolute atomic E-state index is 5.35. The number of rotatable bonds is 9. The lowest BCUT2D eigenvalue weighted by molar-refractivity contribution is 0.123. The van der Waals surface area contributed by atoms with Crippen LogP contribution in [0, 0.1) is 5.92 Å². The van der Waals surface area contributed by atoms with Crippen molar-refractivity contribution in [2.75, 3.05) is 27.9 Å². The molecular formula is C12H27NO3Si. The van der Waals surface area contributed by atoms with Gasteiger partial charge in [0.25, 0.3) is 0 Å². The Morgan fingerprint density at radius 1 is 1.12 bits per heavy atom. The summed E-state index contributed by atoms with van der Waals surface area (Å²) in [6.45, 7) is 7.33. The Labute approximate surface area is 107 Å². The summed E-state index contributed by atoms with van der Waals surface area (Å²) in [5.41, 5.74) is 1.22. The molecule has 102 valence electrons. The van der Waals surface area contributed by atoms with Crippen molar-refractivity contribution in [1.82, 2.24) is 0 Å². The molecule has 5 heteroatoms. The molecule has 0 aromatic carbocycles. The first-order valence-electron chi connectivity index (χ1n) is 6.15. The molecule has 0 aliphatic heterocycles. The van der Waals surface area contributed by atoms with Gasteiger partial charge in [-0.3, -0.25) is 4.99 Å². The molecule has 0 bridgehead atoms. The smallest absolute Gasteiger partial charge is 0.377 e. The Balaban J connectivity index is 3.97. The molecule has 0 saturated heterocycles. The molecular weight excluding hydrogens is 234 g/mol. The second-order valence-electron chi connectivity index (χ2n) is 4.61. The molecule has 0 heterocycles. The van der Waals surface area contributed by atoms with E-state index in [9.17, 15) is 0 Å². The van der Waals surface area contributed by atoms with Crippen LogP contribution < -0.4 is 0 Å². The Morgan fingerprint density at radius 3 is 2.06 bits per heavy atom. The number of nitrogens with zero attached hydrogens (tertiary/aromatic N) is 1. The lowest BCUT2D eigenvalue weighted by Crippen LogP contribution is -2.42. The third-order valence-electron chi connectivity index (χ3n) is 2.66. The van der Waals surface area contributed by atoms with E-state index in [1.54, 1.807) is 21.3 Å². The van der Waals surface area contributed by atoms with E-state index < -0.39 is 8.80 Å². The minimum atomic E-state index is -2.39. The second-order valence-corrected chi connectivity index (χ2v) is 7.70. The lowest BCUT2D eigenvalue weighted by Gasteiger charge is -2.23. The number of hydrogen-bond acceptors (Lipinski definition) is 4. The molecule has 0 aliphatic carbocycles. The normalized spacial score (nSPS) is 13.5. The SMILES string of the molecule is CO[Si](CCC/N=C(\C)CC(C)C)(OC)OC. The Bertz CT molecular complexity index is 220. The summed E-state index contributed by atoms with van der Waals surface area (Å²) in [6.07, 6.45) is 2.01. The number of hydrogen-bond donors (Lipinski definition) is 0. The molecule has 0 aromatic rings. The van der Waals surface area contributed by atoms with Crippen molar-refractivity contribution in [3.05, 3.63) is 0 Å². The van der Waals surface area contributed by atoms with Gasteiger partial charge in [0.2, 0.25) is 0 Å². The van der Waals surface area contributed by atoms with Gasteiger partial charge in [0.05, 0.1) is 0 Å². The van der Waals surface area contributed by atoms with E-state index in [0.29, 0.717) is 5.92 Å². The van der Waals surface area contributed by atoms with Gasteiger partial charge in [0.15, 0.2) is 0 Å². The van der Waals surface area contributed by atoms with Crippen LogP contribution in [0.3, 0.4) is 0 Å². The minimum absolute atomic E-state index is 0.671. The van der Waals surface area contributed by atoms with E-state index in [1.807, 2.05) is 0 Å². The highest BCUT2D eigenvalue weighted by molar-refractivity contribution is 6.60. The fourth-order valence-electron chi connectivity index (χ4n) is 1.78. The standard InChI is InChI=1S/C12H27NO3Si/c1-11(2)10-12(3)13-8-7-9-17(14-4,15-5)16-6/h11H,7-10H2,1-6H3/b13-12+. The van der Waals surface area contributed by atoms with Crippen LogP contribution in [-0.2, 0) is 13.3 Å². The molecule has 0 fully saturated rings. The third kappa shape index (κ3) is 6.93. The van der Waals surface area contributed by atoms with Crippen molar-refractivity contribution in [3.63, 3.8) is 0 Å².